The lowest BCUT2D eigenvalue weighted by Crippen LogP contribution is -2.45. The van der Waals surface area contributed by atoms with Crippen molar-refractivity contribution in [2.45, 2.75) is 58.5 Å². The Morgan fingerprint density at radius 2 is 1.86 bits per heavy atom. The van der Waals surface area contributed by atoms with Crippen molar-refractivity contribution < 1.29 is 9.59 Å². The van der Waals surface area contributed by atoms with Gasteiger partial charge in [0.1, 0.15) is 6.04 Å². The van der Waals surface area contributed by atoms with Gasteiger partial charge in [-0.25, -0.2) is 0 Å². The standard InChI is InChI=1S/C18H26N2O2/c1-3-6-17(21)20-12-5-7-16(20)18(22)19-13-15-10-8-14(4-2)9-11-15/h8-11,16H,3-7,12-13H2,1-2H3,(H,19,22). The lowest BCUT2D eigenvalue weighted by Gasteiger charge is -2.24. The molecule has 120 valence electrons. The average molecular weight is 302 g/mol. The summed E-state index contributed by atoms with van der Waals surface area (Å²) < 4.78 is 0. The summed E-state index contributed by atoms with van der Waals surface area (Å²) in [6, 6.07) is 8.00. The smallest absolute Gasteiger partial charge is 0.243 e. The Labute approximate surface area is 132 Å². The average Bonchev–Trinajstić information content (AvgIpc) is 3.03. The molecule has 0 radical (unpaired) electrons. The molecule has 1 saturated heterocycles. The SMILES string of the molecule is CCCC(=O)N1CCCC1C(=O)NCc1ccc(CC)cc1. The summed E-state index contributed by atoms with van der Waals surface area (Å²) in [5.74, 6) is 0.0777. The first-order chi connectivity index (χ1) is 10.7. The fourth-order valence-electron chi connectivity index (χ4n) is 2.90. The lowest BCUT2D eigenvalue weighted by atomic mass is 10.1. The van der Waals surface area contributed by atoms with Crippen LogP contribution in [0.15, 0.2) is 24.3 Å². The van der Waals surface area contributed by atoms with Gasteiger partial charge in [0.05, 0.1) is 0 Å². The molecular weight excluding hydrogens is 276 g/mol. The third-order valence-corrected chi connectivity index (χ3v) is 4.24. The second-order valence-electron chi connectivity index (χ2n) is 5.88. The number of nitrogens with one attached hydrogen (secondary N) is 1. The van der Waals surface area contributed by atoms with E-state index >= 15 is 0 Å². The van der Waals surface area contributed by atoms with Crippen molar-refractivity contribution >= 4 is 11.8 Å². The van der Waals surface area contributed by atoms with E-state index in [1.165, 1.54) is 5.56 Å². The number of hydrogen-bond acceptors (Lipinski definition) is 2. The highest BCUT2D eigenvalue weighted by atomic mass is 16.2. The van der Waals surface area contributed by atoms with E-state index in [-0.39, 0.29) is 17.9 Å². The predicted molar refractivity (Wildman–Crippen MR) is 87.3 cm³/mol. The molecule has 0 aliphatic carbocycles. The van der Waals surface area contributed by atoms with E-state index in [0.717, 1.165) is 31.2 Å². The second-order valence-corrected chi connectivity index (χ2v) is 5.88. The topological polar surface area (TPSA) is 49.4 Å². The minimum atomic E-state index is -0.283. The van der Waals surface area contributed by atoms with Crippen molar-refractivity contribution in [2.75, 3.05) is 6.54 Å². The van der Waals surface area contributed by atoms with Crippen LogP contribution in [-0.4, -0.2) is 29.3 Å². The van der Waals surface area contributed by atoms with Gasteiger partial charge in [0.2, 0.25) is 11.8 Å². The van der Waals surface area contributed by atoms with Gasteiger partial charge >= 0.3 is 0 Å². The number of aryl methyl sites for hydroxylation is 1. The van der Waals surface area contributed by atoms with Crippen LogP contribution >= 0.6 is 0 Å². The first-order valence-electron chi connectivity index (χ1n) is 8.30. The van der Waals surface area contributed by atoms with Crippen molar-refractivity contribution in [3.63, 3.8) is 0 Å². The van der Waals surface area contributed by atoms with Gasteiger partial charge in [0, 0.05) is 19.5 Å². The van der Waals surface area contributed by atoms with Crippen LogP contribution in [0.4, 0.5) is 0 Å². The summed E-state index contributed by atoms with van der Waals surface area (Å²) in [5, 5.41) is 2.97. The monoisotopic (exact) mass is 302 g/mol. The maximum Gasteiger partial charge on any atom is 0.243 e. The van der Waals surface area contributed by atoms with Gasteiger partial charge < -0.3 is 10.2 Å². The zero-order valence-corrected chi connectivity index (χ0v) is 13.6. The molecule has 0 aromatic heterocycles. The molecule has 0 spiro atoms. The van der Waals surface area contributed by atoms with Crippen LogP contribution in [-0.2, 0) is 22.6 Å². The first kappa shape index (κ1) is 16.5. The molecule has 1 atom stereocenters. The Kier molecular flexibility index (Phi) is 5.99. The molecule has 2 amide bonds. The zero-order valence-electron chi connectivity index (χ0n) is 13.6. The van der Waals surface area contributed by atoms with E-state index < -0.39 is 0 Å². The molecule has 1 heterocycles. The molecule has 2 rings (SSSR count). The molecule has 22 heavy (non-hydrogen) atoms. The molecule has 0 saturated carbocycles. The van der Waals surface area contributed by atoms with Crippen molar-refractivity contribution in [2.24, 2.45) is 0 Å². The number of carbonyl (C=O) groups excluding carboxylic acids is 2. The van der Waals surface area contributed by atoms with E-state index in [2.05, 4.69) is 24.4 Å². The Hall–Kier alpha value is -1.84. The summed E-state index contributed by atoms with van der Waals surface area (Å²) in [5.41, 5.74) is 2.39. The number of rotatable bonds is 6. The fourth-order valence-corrected chi connectivity index (χ4v) is 2.90. The maximum atomic E-state index is 12.4. The lowest BCUT2D eigenvalue weighted by molar-refractivity contribution is -0.138. The first-order valence-corrected chi connectivity index (χ1v) is 8.30. The van der Waals surface area contributed by atoms with Crippen LogP contribution in [0, 0.1) is 0 Å². The number of hydrogen-bond donors (Lipinski definition) is 1. The quantitative estimate of drug-likeness (QED) is 0.878. The van der Waals surface area contributed by atoms with Crippen LogP contribution in [0.25, 0.3) is 0 Å². The molecule has 1 fully saturated rings. The zero-order chi connectivity index (χ0) is 15.9. The van der Waals surface area contributed by atoms with Gasteiger partial charge in [-0.15, -0.1) is 0 Å². The Balaban J connectivity index is 1.89. The number of likely N-dealkylation sites (tertiary alicyclic amines) is 1. The Morgan fingerprint density at radius 1 is 1.18 bits per heavy atom. The minimum Gasteiger partial charge on any atom is -0.350 e. The van der Waals surface area contributed by atoms with Crippen molar-refractivity contribution in [1.82, 2.24) is 10.2 Å². The number of amides is 2. The van der Waals surface area contributed by atoms with E-state index in [1.54, 1.807) is 4.90 Å². The number of benzene rings is 1. The summed E-state index contributed by atoms with van der Waals surface area (Å²) in [6.45, 7) is 5.35. The van der Waals surface area contributed by atoms with Gasteiger partial charge in [-0.3, -0.25) is 9.59 Å². The van der Waals surface area contributed by atoms with E-state index in [0.29, 0.717) is 19.5 Å². The van der Waals surface area contributed by atoms with E-state index in [1.807, 2.05) is 19.1 Å². The van der Waals surface area contributed by atoms with Crippen molar-refractivity contribution in [3.8, 4) is 0 Å². The van der Waals surface area contributed by atoms with Crippen LogP contribution in [0.1, 0.15) is 50.7 Å². The number of carbonyl (C=O) groups is 2. The molecule has 4 nitrogen and oxygen atoms in total. The summed E-state index contributed by atoms with van der Waals surface area (Å²) in [6.07, 6.45) is 4.06. The van der Waals surface area contributed by atoms with Crippen LogP contribution in [0.5, 0.6) is 0 Å². The van der Waals surface area contributed by atoms with Crippen LogP contribution in [0.2, 0.25) is 0 Å². The van der Waals surface area contributed by atoms with Gasteiger partial charge in [-0.05, 0) is 36.8 Å². The van der Waals surface area contributed by atoms with Gasteiger partial charge in [-0.2, -0.15) is 0 Å². The summed E-state index contributed by atoms with van der Waals surface area (Å²) in [7, 11) is 0. The van der Waals surface area contributed by atoms with E-state index in [4.69, 9.17) is 0 Å². The van der Waals surface area contributed by atoms with Crippen LogP contribution < -0.4 is 5.32 Å². The van der Waals surface area contributed by atoms with Gasteiger partial charge in [-0.1, -0.05) is 38.1 Å². The van der Waals surface area contributed by atoms with Gasteiger partial charge in [0.15, 0.2) is 0 Å². The highest BCUT2D eigenvalue weighted by molar-refractivity contribution is 5.88. The molecule has 0 bridgehead atoms. The molecule has 1 N–H and O–H groups in total. The molecule has 1 aromatic carbocycles. The van der Waals surface area contributed by atoms with Gasteiger partial charge in [0.25, 0.3) is 0 Å². The van der Waals surface area contributed by atoms with Crippen molar-refractivity contribution in [1.29, 1.82) is 0 Å². The van der Waals surface area contributed by atoms with E-state index in [9.17, 15) is 9.59 Å². The molecule has 1 aliphatic heterocycles. The molecule has 4 heteroatoms. The molecule has 1 aromatic rings. The third-order valence-electron chi connectivity index (χ3n) is 4.24. The largest absolute Gasteiger partial charge is 0.350 e. The highest BCUT2D eigenvalue weighted by Crippen LogP contribution is 2.19. The predicted octanol–water partition coefficient (Wildman–Crippen LogP) is 2.66. The highest BCUT2D eigenvalue weighted by Gasteiger charge is 2.33. The Bertz CT molecular complexity index is 510. The minimum absolute atomic E-state index is 0.0264. The fraction of sp³-hybridized carbons (Fsp3) is 0.556. The van der Waals surface area contributed by atoms with Crippen LogP contribution in [0.3, 0.4) is 0 Å². The second kappa shape index (κ2) is 7.97. The Morgan fingerprint density at radius 3 is 2.50 bits per heavy atom. The summed E-state index contributed by atoms with van der Waals surface area (Å²) >= 11 is 0. The summed E-state index contributed by atoms with van der Waals surface area (Å²) in [4.78, 5) is 26.2. The molecule has 1 aliphatic rings. The van der Waals surface area contributed by atoms with Crippen molar-refractivity contribution in [3.05, 3.63) is 35.4 Å². The maximum absolute atomic E-state index is 12.4. The third kappa shape index (κ3) is 4.09. The normalized spacial score (nSPS) is 17.5. The number of nitrogens with zero attached hydrogens (tertiary/aromatic N) is 1. The molecular formula is C18H26N2O2. The molecule has 1 unspecified atom stereocenters.